The van der Waals surface area contributed by atoms with Crippen LogP contribution in [0.2, 0.25) is 0 Å². The molecule has 0 saturated carbocycles. The predicted molar refractivity (Wildman–Crippen MR) is 55.3 cm³/mol. The minimum absolute atomic E-state index is 0.0244. The van der Waals surface area contributed by atoms with E-state index in [4.69, 9.17) is 0 Å². The summed E-state index contributed by atoms with van der Waals surface area (Å²) in [6.07, 6.45) is 3.55. The van der Waals surface area contributed by atoms with E-state index in [0.717, 1.165) is 19.4 Å². The molecule has 1 atom stereocenters. The van der Waals surface area contributed by atoms with Crippen molar-refractivity contribution >= 4 is 5.91 Å². The summed E-state index contributed by atoms with van der Waals surface area (Å²) in [5.74, 6) is 0.825. The highest BCUT2D eigenvalue weighted by atomic mass is 16.2. The molecule has 2 heterocycles. The summed E-state index contributed by atoms with van der Waals surface area (Å²) >= 11 is 0. The molecule has 1 aliphatic heterocycles. The van der Waals surface area contributed by atoms with Crippen LogP contribution >= 0.6 is 0 Å². The third kappa shape index (κ3) is 1.86. The largest absolute Gasteiger partial charge is 0.333 e. The quantitative estimate of drug-likeness (QED) is 0.790. The Morgan fingerprint density at radius 3 is 3.07 bits per heavy atom. The van der Waals surface area contributed by atoms with Gasteiger partial charge in [-0.2, -0.15) is 5.10 Å². The standard InChI is InChI=1S/C10H16N4O/c1-7(2)8-4-3-5-14(8)10(15)9-11-6-12-13-9/h6-8H,3-5H2,1-2H3,(H,11,12,13). The summed E-state index contributed by atoms with van der Waals surface area (Å²) in [4.78, 5) is 17.8. The maximum absolute atomic E-state index is 12.0. The molecule has 1 aromatic heterocycles. The zero-order valence-corrected chi connectivity index (χ0v) is 9.10. The Labute approximate surface area is 88.9 Å². The fraction of sp³-hybridized carbons (Fsp3) is 0.700. The number of likely N-dealkylation sites (tertiary alicyclic amines) is 1. The molecule has 1 fully saturated rings. The number of hydrogen-bond donors (Lipinski definition) is 1. The van der Waals surface area contributed by atoms with Gasteiger partial charge in [-0.05, 0) is 18.8 Å². The molecule has 1 amide bonds. The number of nitrogens with zero attached hydrogens (tertiary/aromatic N) is 3. The number of carbonyl (C=O) groups excluding carboxylic acids is 1. The van der Waals surface area contributed by atoms with Crippen LogP contribution in [0.1, 0.15) is 37.3 Å². The number of aromatic amines is 1. The van der Waals surface area contributed by atoms with Crippen molar-refractivity contribution in [1.82, 2.24) is 20.1 Å². The van der Waals surface area contributed by atoms with Crippen LogP contribution in [0.4, 0.5) is 0 Å². The molecule has 0 bridgehead atoms. The van der Waals surface area contributed by atoms with Gasteiger partial charge in [-0.3, -0.25) is 9.89 Å². The van der Waals surface area contributed by atoms with Crippen molar-refractivity contribution in [3.8, 4) is 0 Å². The van der Waals surface area contributed by atoms with Crippen molar-refractivity contribution in [2.45, 2.75) is 32.7 Å². The van der Waals surface area contributed by atoms with E-state index in [1.54, 1.807) is 0 Å². The summed E-state index contributed by atoms with van der Waals surface area (Å²) in [7, 11) is 0. The predicted octanol–water partition coefficient (Wildman–Crippen LogP) is 1.07. The number of carbonyl (C=O) groups is 1. The van der Waals surface area contributed by atoms with Crippen molar-refractivity contribution in [3.05, 3.63) is 12.2 Å². The Balaban J connectivity index is 2.13. The van der Waals surface area contributed by atoms with Crippen LogP contribution in [0.5, 0.6) is 0 Å². The SMILES string of the molecule is CC(C)C1CCCN1C(=O)c1ncn[nH]1. The lowest BCUT2D eigenvalue weighted by molar-refractivity contribution is 0.0689. The van der Waals surface area contributed by atoms with E-state index in [1.165, 1.54) is 6.33 Å². The first-order valence-corrected chi connectivity index (χ1v) is 5.36. The molecule has 0 aliphatic carbocycles. The van der Waals surface area contributed by atoms with Crippen molar-refractivity contribution in [2.75, 3.05) is 6.54 Å². The van der Waals surface area contributed by atoms with Crippen molar-refractivity contribution in [2.24, 2.45) is 5.92 Å². The van der Waals surface area contributed by atoms with Gasteiger partial charge in [0, 0.05) is 12.6 Å². The van der Waals surface area contributed by atoms with Crippen LogP contribution in [-0.2, 0) is 0 Å². The van der Waals surface area contributed by atoms with Crippen LogP contribution in [0.3, 0.4) is 0 Å². The van der Waals surface area contributed by atoms with Gasteiger partial charge in [0.25, 0.3) is 5.91 Å². The smallest absolute Gasteiger partial charge is 0.291 e. The van der Waals surface area contributed by atoms with Crippen LogP contribution in [0.15, 0.2) is 6.33 Å². The molecular weight excluding hydrogens is 192 g/mol. The van der Waals surface area contributed by atoms with E-state index < -0.39 is 0 Å². The number of amides is 1. The average Bonchev–Trinajstić information content (AvgIpc) is 2.88. The fourth-order valence-electron chi connectivity index (χ4n) is 2.18. The maximum atomic E-state index is 12.0. The lowest BCUT2D eigenvalue weighted by Gasteiger charge is -2.26. The number of aromatic nitrogens is 3. The summed E-state index contributed by atoms with van der Waals surface area (Å²) < 4.78 is 0. The number of rotatable bonds is 2. The molecule has 0 spiro atoms. The lowest BCUT2D eigenvalue weighted by Crippen LogP contribution is -2.39. The molecule has 1 saturated heterocycles. The minimum Gasteiger partial charge on any atom is -0.333 e. The first-order valence-electron chi connectivity index (χ1n) is 5.36. The van der Waals surface area contributed by atoms with Crippen molar-refractivity contribution < 1.29 is 4.79 Å². The topological polar surface area (TPSA) is 61.9 Å². The van der Waals surface area contributed by atoms with Crippen LogP contribution in [0, 0.1) is 5.92 Å². The van der Waals surface area contributed by atoms with Crippen LogP contribution < -0.4 is 0 Å². The Morgan fingerprint density at radius 2 is 2.47 bits per heavy atom. The molecule has 1 aliphatic rings. The van der Waals surface area contributed by atoms with Crippen LogP contribution in [0.25, 0.3) is 0 Å². The fourth-order valence-corrected chi connectivity index (χ4v) is 2.18. The molecule has 5 heteroatoms. The summed E-state index contributed by atoms with van der Waals surface area (Å²) in [6, 6.07) is 0.350. The molecule has 0 radical (unpaired) electrons. The summed E-state index contributed by atoms with van der Waals surface area (Å²) in [5.41, 5.74) is 0. The van der Waals surface area contributed by atoms with Gasteiger partial charge in [0.1, 0.15) is 6.33 Å². The van der Waals surface area contributed by atoms with Gasteiger partial charge in [-0.25, -0.2) is 4.98 Å². The third-order valence-corrected chi connectivity index (χ3v) is 2.95. The number of H-pyrrole nitrogens is 1. The summed E-state index contributed by atoms with van der Waals surface area (Å²) in [6.45, 7) is 5.13. The second kappa shape index (κ2) is 4.00. The second-order valence-electron chi connectivity index (χ2n) is 4.29. The highest BCUT2D eigenvalue weighted by Crippen LogP contribution is 2.24. The van der Waals surface area contributed by atoms with E-state index in [9.17, 15) is 4.79 Å². The van der Waals surface area contributed by atoms with Gasteiger partial charge in [0.05, 0.1) is 0 Å². The van der Waals surface area contributed by atoms with E-state index in [1.807, 2.05) is 4.90 Å². The average molecular weight is 208 g/mol. The third-order valence-electron chi connectivity index (χ3n) is 2.95. The maximum Gasteiger partial charge on any atom is 0.291 e. The Bertz CT molecular complexity index is 333. The lowest BCUT2D eigenvalue weighted by atomic mass is 10.0. The van der Waals surface area contributed by atoms with E-state index in [2.05, 4.69) is 29.0 Å². The summed E-state index contributed by atoms with van der Waals surface area (Å²) in [5, 5.41) is 6.32. The molecular formula is C10H16N4O. The van der Waals surface area contributed by atoms with E-state index in [0.29, 0.717) is 17.8 Å². The van der Waals surface area contributed by atoms with E-state index >= 15 is 0 Å². The van der Waals surface area contributed by atoms with Gasteiger partial charge in [0.15, 0.2) is 0 Å². The van der Waals surface area contributed by atoms with Gasteiger partial charge in [-0.1, -0.05) is 13.8 Å². The first-order chi connectivity index (χ1) is 7.20. The zero-order chi connectivity index (χ0) is 10.8. The molecule has 5 nitrogen and oxygen atoms in total. The molecule has 1 N–H and O–H groups in total. The Hall–Kier alpha value is -1.39. The molecule has 82 valence electrons. The Morgan fingerprint density at radius 1 is 1.67 bits per heavy atom. The van der Waals surface area contributed by atoms with Gasteiger partial charge < -0.3 is 4.90 Å². The number of hydrogen-bond acceptors (Lipinski definition) is 3. The minimum atomic E-state index is -0.0244. The van der Waals surface area contributed by atoms with Gasteiger partial charge >= 0.3 is 0 Å². The second-order valence-corrected chi connectivity index (χ2v) is 4.29. The van der Waals surface area contributed by atoms with Gasteiger partial charge in [-0.15, -0.1) is 0 Å². The normalized spacial score (nSPS) is 21.3. The van der Waals surface area contributed by atoms with E-state index in [-0.39, 0.29) is 5.91 Å². The van der Waals surface area contributed by atoms with Gasteiger partial charge in [0.2, 0.25) is 5.82 Å². The molecule has 1 unspecified atom stereocenters. The monoisotopic (exact) mass is 208 g/mol. The molecule has 2 rings (SSSR count). The highest BCUT2D eigenvalue weighted by molar-refractivity contribution is 5.90. The highest BCUT2D eigenvalue weighted by Gasteiger charge is 2.32. The number of nitrogens with one attached hydrogen (secondary N) is 1. The zero-order valence-electron chi connectivity index (χ0n) is 9.10. The molecule has 15 heavy (non-hydrogen) atoms. The van der Waals surface area contributed by atoms with Crippen molar-refractivity contribution in [1.29, 1.82) is 0 Å². The Kier molecular flexibility index (Phi) is 2.70. The molecule has 0 aromatic carbocycles. The van der Waals surface area contributed by atoms with Crippen molar-refractivity contribution in [3.63, 3.8) is 0 Å². The van der Waals surface area contributed by atoms with Crippen LogP contribution in [-0.4, -0.2) is 38.6 Å². The first kappa shape index (κ1) is 10.1. The molecule has 1 aromatic rings.